The van der Waals surface area contributed by atoms with Crippen LogP contribution in [0.15, 0.2) is 6.20 Å². The number of hydrogen-bond acceptors (Lipinski definition) is 4. The van der Waals surface area contributed by atoms with Crippen LogP contribution in [0.4, 0.5) is 5.95 Å². The zero-order valence-corrected chi connectivity index (χ0v) is 12.0. The third-order valence-corrected chi connectivity index (χ3v) is 3.35. The summed E-state index contributed by atoms with van der Waals surface area (Å²) in [6.07, 6.45) is 4.25. The highest BCUT2D eigenvalue weighted by Crippen LogP contribution is 2.13. The summed E-state index contributed by atoms with van der Waals surface area (Å²) in [4.78, 5) is 4.49. The molecule has 1 aromatic rings. The van der Waals surface area contributed by atoms with Crippen LogP contribution in [0.25, 0.3) is 0 Å². The molecule has 0 fully saturated rings. The maximum atomic E-state index is 5.03. The number of nitrogens with one attached hydrogen (secondary N) is 1. The standard InChI is InChI=1S/C12H23N3OS/c1-10(9-17-4)7-15-8-11(2)14-12(15)13-5-6-16-3/h8,10H,5-7,9H2,1-4H3,(H,13,14). The summed E-state index contributed by atoms with van der Waals surface area (Å²) in [6, 6.07) is 0. The van der Waals surface area contributed by atoms with Gasteiger partial charge in [0, 0.05) is 26.4 Å². The number of nitrogens with zero attached hydrogens (tertiary/aromatic N) is 2. The molecule has 4 nitrogen and oxygen atoms in total. The molecular formula is C12H23N3OS. The summed E-state index contributed by atoms with van der Waals surface area (Å²) in [6.45, 7) is 6.80. The fourth-order valence-electron chi connectivity index (χ4n) is 1.76. The van der Waals surface area contributed by atoms with E-state index < -0.39 is 0 Å². The van der Waals surface area contributed by atoms with Crippen molar-refractivity contribution in [3.63, 3.8) is 0 Å². The third-order valence-electron chi connectivity index (χ3n) is 2.45. The van der Waals surface area contributed by atoms with Crippen molar-refractivity contribution in [1.29, 1.82) is 0 Å². The summed E-state index contributed by atoms with van der Waals surface area (Å²) < 4.78 is 7.23. The van der Waals surface area contributed by atoms with Gasteiger partial charge in [0.2, 0.25) is 5.95 Å². The van der Waals surface area contributed by atoms with E-state index in [-0.39, 0.29) is 0 Å². The van der Waals surface area contributed by atoms with Crippen LogP contribution in [0.3, 0.4) is 0 Å². The van der Waals surface area contributed by atoms with Crippen molar-refractivity contribution in [3.05, 3.63) is 11.9 Å². The Kier molecular flexibility index (Phi) is 6.44. The first kappa shape index (κ1) is 14.4. The number of aryl methyl sites for hydroxylation is 1. The Hall–Kier alpha value is -0.680. The van der Waals surface area contributed by atoms with Gasteiger partial charge in [0.15, 0.2) is 0 Å². The zero-order chi connectivity index (χ0) is 12.7. The first-order valence-electron chi connectivity index (χ1n) is 5.93. The normalized spacial score (nSPS) is 12.7. The lowest BCUT2D eigenvalue weighted by atomic mass is 10.2. The van der Waals surface area contributed by atoms with Crippen molar-refractivity contribution in [3.8, 4) is 0 Å². The van der Waals surface area contributed by atoms with Crippen LogP contribution in [0, 0.1) is 12.8 Å². The van der Waals surface area contributed by atoms with Crippen molar-refractivity contribution in [2.24, 2.45) is 5.92 Å². The third kappa shape index (κ3) is 5.00. The molecule has 0 saturated heterocycles. The topological polar surface area (TPSA) is 39.1 Å². The predicted octanol–water partition coefficient (Wildman–Crippen LogP) is 2.25. The van der Waals surface area contributed by atoms with Gasteiger partial charge < -0.3 is 14.6 Å². The van der Waals surface area contributed by atoms with Crippen LogP contribution >= 0.6 is 11.8 Å². The number of anilines is 1. The van der Waals surface area contributed by atoms with Crippen LogP contribution in [-0.4, -0.2) is 41.8 Å². The van der Waals surface area contributed by atoms with Crippen LogP contribution in [0.2, 0.25) is 0 Å². The largest absolute Gasteiger partial charge is 0.383 e. The number of rotatable bonds is 8. The lowest BCUT2D eigenvalue weighted by molar-refractivity contribution is 0.210. The van der Waals surface area contributed by atoms with E-state index >= 15 is 0 Å². The van der Waals surface area contributed by atoms with Crippen molar-refractivity contribution in [2.45, 2.75) is 20.4 Å². The average Bonchev–Trinajstić information content (AvgIpc) is 2.60. The molecule has 0 aliphatic heterocycles. The monoisotopic (exact) mass is 257 g/mol. The van der Waals surface area contributed by atoms with Gasteiger partial charge in [-0.05, 0) is 24.9 Å². The van der Waals surface area contributed by atoms with Gasteiger partial charge in [0.1, 0.15) is 0 Å². The molecule has 1 atom stereocenters. The maximum Gasteiger partial charge on any atom is 0.203 e. The molecule has 98 valence electrons. The van der Waals surface area contributed by atoms with E-state index in [4.69, 9.17) is 4.74 Å². The van der Waals surface area contributed by atoms with E-state index in [1.165, 1.54) is 5.75 Å². The van der Waals surface area contributed by atoms with Gasteiger partial charge in [0.05, 0.1) is 12.3 Å². The summed E-state index contributed by atoms with van der Waals surface area (Å²) >= 11 is 1.89. The Bertz CT molecular complexity index is 328. The van der Waals surface area contributed by atoms with Gasteiger partial charge in [0.25, 0.3) is 0 Å². The molecule has 1 aromatic heterocycles. The molecule has 1 rings (SSSR count). The van der Waals surface area contributed by atoms with Crippen LogP contribution in [0.5, 0.6) is 0 Å². The van der Waals surface area contributed by atoms with Crippen molar-refractivity contribution in [2.75, 3.05) is 37.6 Å². The second kappa shape index (κ2) is 7.61. The smallest absolute Gasteiger partial charge is 0.203 e. The maximum absolute atomic E-state index is 5.03. The number of methoxy groups -OCH3 is 1. The molecule has 0 aromatic carbocycles. The lowest BCUT2D eigenvalue weighted by Gasteiger charge is -2.13. The quantitative estimate of drug-likeness (QED) is 0.725. The van der Waals surface area contributed by atoms with Crippen molar-refractivity contribution >= 4 is 17.7 Å². The molecule has 0 aliphatic carbocycles. The van der Waals surface area contributed by atoms with Crippen molar-refractivity contribution in [1.82, 2.24) is 9.55 Å². The Balaban J connectivity index is 2.57. The van der Waals surface area contributed by atoms with Crippen LogP contribution < -0.4 is 5.32 Å². The molecule has 0 amide bonds. The van der Waals surface area contributed by atoms with Gasteiger partial charge in [-0.2, -0.15) is 11.8 Å². The van der Waals surface area contributed by atoms with Gasteiger partial charge in [-0.3, -0.25) is 0 Å². The summed E-state index contributed by atoms with van der Waals surface area (Å²) in [5.41, 5.74) is 1.06. The second-order valence-electron chi connectivity index (χ2n) is 4.34. The molecule has 0 saturated carbocycles. The highest BCUT2D eigenvalue weighted by Gasteiger charge is 2.08. The Morgan fingerprint density at radius 2 is 2.35 bits per heavy atom. The van der Waals surface area contributed by atoms with Crippen LogP contribution in [0.1, 0.15) is 12.6 Å². The molecule has 1 unspecified atom stereocenters. The number of imidazole rings is 1. The van der Waals surface area contributed by atoms with Gasteiger partial charge >= 0.3 is 0 Å². The lowest BCUT2D eigenvalue weighted by Crippen LogP contribution is -2.15. The van der Waals surface area contributed by atoms with E-state index in [2.05, 4.69) is 34.2 Å². The minimum absolute atomic E-state index is 0.654. The SMILES string of the molecule is COCCNc1nc(C)cn1CC(C)CSC. The predicted molar refractivity (Wildman–Crippen MR) is 74.9 cm³/mol. The molecule has 17 heavy (non-hydrogen) atoms. The first-order chi connectivity index (χ1) is 8.17. The summed E-state index contributed by atoms with van der Waals surface area (Å²) in [5.74, 6) is 2.78. The van der Waals surface area contributed by atoms with E-state index in [1.807, 2.05) is 18.7 Å². The number of hydrogen-bond donors (Lipinski definition) is 1. The number of thioether (sulfide) groups is 1. The minimum Gasteiger partial charge on any atom is -0.383 e. The highest BCUT2D eigenvalue weighted by atomic mass is 32.2. The summed E-state index contributed by atoms with van der Waals surface area (Å²) in [5, 5.41) is 3.30. The molecule has 0 spiro atoms. The van der Waals surface area contributed by atoms with Crippen LogP contribution in [-0.2, 0) is 11.3 Å². The highest BCUT2D eigenvalue weighted by molar-refractivity contribution is 7.98. The average molecular weight is 257 g/mol. The van der Waals surface area contributed by atoms with E-state index in [0.717, 1.165) is 24.7 Å². The molecule has 1 N–H and O–H groups in total. The fourth-order valence-corrected chi connectivity index (χ4v) is 2.44. The molecular weight excluding hydrogens is 234 g/mol. The molecule has 0 bridgehead atoms. The minimum atomic E-state index is 0.654. The van der Waals surface area contributed by atoms with Gasteiger partial charge in [-0.25, -0.2) is 4.98 Å². The first-order valence-corrected chi connectivity index (χ1v) is 7.32. The second-order valence-corrected chi connectivity index (χ2v) is 5.25. The Morgan fingerprint density at radius 3 is 3.00 bits per heavy atom. The van der Waals surface area contributed by atoms with Gasteiger partial charge in [-0.1, -0.05) is 6.92 Å². The Morgan fingerprint density at radius 1 is 1.59 bits per heavy atom. The van der Waals surface area contributed by atoms with E-state index in [9.17, 15) is 0 Å². The summed E-state index contributed by atoms with van der Waals surface area (Å²) in [7, 11) is 1.71. The molecule has 0 radical (unpaired) electrons. The van der Waals surface area contributed by atoms with E-state index in [0.29, 0.717) is 12.5 Å². The zero-order valence-electron chi connectivity index (χ0n) is 11.2. The van der Waals surface area contributed by atoms with Crippen molar-refractivity contribution < 1.29 is 4.74 Å². The Labute approximate surface area is 108 Å². The number of ether oxygens (including phenoxy) is 1. The van der Waals surface area contributed by atoms with E-state index in [1.54, 1.807) is 7.11 Å². The molecule has 1 heterocycles. The number of aromatic nitrogens is 2. The molecule has 0 aliphatic rings. The molecule has 5 heteroatoms. The van der Waals surface area contributed by atoms with Gasteiger partial charge in [-0.15, -0.1) is 0 Å². The fraction of sp³-hybridized carbons (Fsp3) is 0.750.